The molecule has 1 fully saturated rings. The molecule has 0 spiro atoms. The molecule has 0 aliphatic carbocycles. The van der Waals surface area contributed by atoms with E-state index >= 15 is 0 Å². The maximum atomic E-state index is 12.1. The van der Waals surface area contributed by atoms with E-state index in [0.717, 1.165) is 0 Å². The zero-order valence-corrected chi connectivity index (χ0v) is 16.5. The SMILES string of the molecule is CC(C)(C)c1ccc(C(=O)NCCC(=O)NCC2CNCC2O)cc1.Cl. The third-order valence-corrected chi connectivity index (χ3v) is 4.52. The Bertz CT molecular complexity index is 599. The van der Waals surface area contributed by atoms with Crippen molar-refractivity contribution >= 4 is 24.2 Å². The van der Waals surface area contributed by atoms with Crippen LogP contribution in [0, 0.1) is 5.92 Å². The van der Waals surface area contributed by atoms with E-state index in [-0.39, 0.29) is 48.5 Å². The standard InChI is InChI=1S/C19H29N3O3.ClH/c1-19(2,3)15-6-4-13(5-7-15)18(25)21-9-8-17(24)22-11-14-10-20-12-16(14)23;/h4-7,14,16,20,23H,8-12H2,1-3H3,(H,21,25)(H,22,24);1H. The summed E-state index contributed by atoms with van der Waals surface area (Å²) < 4.78 is 0. The number of carbonyl (C=O) groups excluding carboxylic acids is 2. The van der Waals surface area contributed by atoms with E-state index in [2.05, 4.69) is 36.7 Å². The molecule has 0 bridgehead atoms. The summed E-state index contributed by atoms with van der Waals surface area (Å²) in [7, 11) is 0. The number of nitrogens with one attached hydrogen (secondary N) is 3. The van der Waals surface area contributed by atoms with Gasteiger partial charge in [0.2, 0.25) is 5.91 Å². The molecular weight excluding hydrogens is 354 g/mol. The van der Waals surface area contributed by atoms with Gasteiger partial charge < -0.3 is 21.1 Å². The van der Waals surface area contributed by atoms with Crippen molar-refractivity contribution < 1.29 is 14.7 Å². The van der Waals surface area contributed by atoms with Crippen LogP contribution in [0.1, 0.15) is 43.1 Å². The lowest BCUT2D eigenvalue weighted by Crippen LogP contribution is -2.36. The molecule has 7 heteroatoms. The smallest absolute Gasteiger partial charge is 0.251 e. The summed E-state index contributed by atoms with van der Waals surface area (Å²) >= 11 is 0. The Labute approximate surface area is 161 Å². The highest BCUT2D eigenvalue weighted by atomic mass is 35.5. The lowest BCUT2D eigenvalue weighted by Gasteiger charge is -2.19. The van der Waals surface area contributed by atoms with Crippen LogP contribution < -0.4 is 16.0 Å². The van der Waals surface area contributed by atoms with Crippen LogP contribution in [-0.2, 0) is 10.2 Å². The summed E-state index contributed by atoms with van der Waals surface area (Å²) in [6.45, 7) is 8.41. The van der Waals surface area contributed by atoms with Gasteiger partial charge in [-0.15, -0.1) is 12.4 Å². The molecule has 1 saturated heterocycles. The molecule has 4 N–H and O–H groups in total. The Morgan fingerprint density at radius 1 is 1.15 bits per heavy atom. The Balaban J connectivity index is 0.00000338. The molecule has 1 aromatic rings. The van der Waals surface area contributed by atoms with E-state index in [1.807, 2.05) is 24.3 Å². The van der Waals surface area contributed by atoms with Crippen LogP contribution in [0.2, 0.25) is 0 Å². The van der Waals surface area contributed by atoms with Crippen molar-refractivity contribution in [3.05, 3.63) is 35.4 Å². The van der Waals surface area contributed by atoms with Crippen molar-refractivity contribution in [1.29, 1.82) is 0 Å². The second kappa shape index (κ2) is 9.90. The van der Waals surface area contributed by atoms with E-state index < -0.39 is 6.10 Å². The van der Waals surface area contributed by atoms with Crippen LogP contribution in [0.4, 0.5) is 0 Å². The number of aliphatic hydroxyl groups is 1. The van der Waals surface area contributed by atoms with Gasteiger partial charge in [0.15, 0.2) is 0 Å². The first-order valence-corrected chi connectivity index (χ1v) is 8.81. The first-order chi connectivity index (χ1) is 11.8. The summed E-state index contributed by atoms with van der Waals surface area (Å²) in [4.78, 5) is 23.9. The van der Waals surface area contributed by atoms with Gasteiger partial charge in [-0.05, 0) is 23.1 Å². The van der Waals surface area contributed by atoms with Crippen molar-refractivity contribution in [2.24, 2.45) is 5.92 Å². The summed E-state index contributed by atoms with van der Waals surface area (Å²) in [5.74, 6) is -0.244. The highest BCUT2D eigenvalue weighted by Crippen LogP contribution is 2.22. The topological polar surface area (TPSA) is 90.5 Å². The molecule has 2 unspecified atom stereocenters. The minimum Gasteiger partial charge on any atom is -0.391 e. The van der Waals surface area contributed by atoms with Gasteiger partial charge in [-0.2, -0.15) is 0 Å². The van der Waals surface area contributed by atoms with Gasteiger partial charge in [0, 0.05) is 44.1 Å². The van der Waals surface area contributed by atoms with E-state index in [1.165, 1.54) is 5.56 Å². The normalized spacial score (nSPS) is 19.5. The second-order valence-electron chi connectivity index (χ2n) is 7.62. The second-order valence-corrected chi connectivity index (χ2v) is 7.62. The first kappa shape index (κ1) is 22.4. The van der Waals surface area contributed by atoms with Gasteiger partial charge in [-0.1, -0.05) is 32.9 Å². The van der Waals surface area contributed by atoms with Gasteiger partial charge in [-0.3, -0.25) is 9.59 Å². The van der Waals surface area contributed by atoms with Gasteiger partial charge in [0.1, 0.15) is 0 Å². The average molecular weight is 384 g/mol. The Morgan fingerprint density at radius 2 is 1.81 bits per heavy atom. The quantitative estimate of drug-likeness (QED) is 0.594. The number of hydrogen-bond donors (Lipinski definition) is 4. The van der Waals surface area contributed by atoms with E-state index in [1.54, 1.807) is 0 Å². The van der Waals surface area contributed by atoms with Crippen LogP contribution in [-0.4, -0.2) is 49.2 Å². The predicted molar refractivity (Wildman–Crippen MR) is 105 cm³/mol. The molecule has 26 heavy (non-hydrogen) atoms. The average Bonchev–Trinajstić information content (AvgIpc) is 2.97. The van der Waals surface area contributed by atoms with Crippen LogP contribution in [0.5, 0.6) is 0 Å². The summed E-state index contributed by atoms with van der Waals surface area (Å²) in [6.07, 6.45) is -0.182. The molecule has 1 aliphatic rings. The molecule has 0 saturated carbocycles. The minimum absolute atomic E-state index is 0. The molecular formula is C19H30ClN3O3. The highest BCUT2D eigenvalue weighted by molar-refractivity contribution is 5.94. The van der Waals surface area contributed by atoms with Crippen molar-refractivity contribution in [2.45, 2.75) is 38.7 Å². The molecule has 0 aromatic heterocycles. The molecule has 0 radical (unpaired) electrons. The van der Waals surface area contributed by atoms with Crippen LogP contribution in [0.25, 0.3) is 0 Å². The molecule has 2 rings (SSSR count). The van der Waals surface area contributed by atoms with Crippen LogP contribution in [0.15, 0.2) is 24.3 Å². The van der Waals surface area contributed by atoms with Gasteiger partial charge in [0.25, 0.3) is 5.91 Å². The number of hydrogen-bond acceptors (Lipinski definition) is 4. The third-order valence-electron chi connectivity index (χ3n) is 4.52. The number of carbonyl (C=O) groups is 2. The van der Waals surface area contributed by atoms with Crippen molar-refractivity contribution in [3.8, 4) is 0 Å². The zero-order chi connectivity index (χ0) is 18.4. The number of benzene rings is 1. The largest absolute Gasteiger partial charge is 0.391 e. The maximum Gasteiger partial charge on any atom is 0.251 e. The number of halogens is 1. The Morgan fingerprint density at radius 3 is 2.35 bits per heavy atom. The number of aliphatic hydroxyl groups excluding tert-OH is 1. The van der Waals surface area contributed by atoms with Crippen molar-refractivity contribution in [1.82, 2.24) is 16.0 Å². The number of β-amino-alcohol motifs (C(OH)–C–C–N with tert-alkyl or cyclic N) is 1. The first-order valence-electron chi connectivity index (χ1n) is 8.81. The minimum atomic E-state index is -0.406. The molecule has 1 aliphatic heterocycles. The third kappa shape index (κ3) is 6.59. The summed E-state index contributed by atoms with van der Waals surface area (Å²) in [6, 6.07) is 7.54. The fourth-order valence-corrected chi connectivity index (χ4v) is 2.77. The monoisotopic (exact) mass is 383 g/mol. The molecule has 1 heterocycles. The van der Waals surface area contributed by atoms with E-state index in [9.17, 15) is 14.7 Å². The fourth-order valence-electron chi connectivity index (χ4n) is 2.77. The van der Waals surface area contributed by atoms with Crippen molar-refractivity contribution in [2.75, 3.05) is 26.2 Å². The number of rotatable bonds is 6. The van der Waals surface area contributed by atoms with Crippen LogP contribution >= 0.6 is 12.4 Å². The molecule has 146 valence electrons. The van der Waals surface area contributed by atoms with Gasteiger partial charge >= 0.3 is 0 Å². The predicted octanol–water partition coefficient (Wildman–Crippen LogP) is 1.22. The molecule has 2 amide bonds. The van der Waals surface area contributed by atoms with E-state index in [0.29, 0.717) is 25.2 Å². The maximum absolute atomic E-state index is 12.1. The fraction of sp³-hybridized carbons (Fsp3) is 0.579. The highest BCUT2D eigenvalue weighted by Gasteiger charge is 2.24. The van der Waals surface area contributed by atoms with Gasteiger partial charge in [0.05, 0.1) is 6.10 Å². The molecule has 6 nitrogen and oxygen atoms in total. The molecule has 1 aromatic carbocycles. The lowest BCUT2D eigenvalue weighted by atomic mass is 9.87. The van der Waals surface area contributed by atoms with Crippen LogP contribution in [0.3, 0.4) is 0 Å². The van der Waals surface area contributed by atoms with Crippen molar-refractivity contribution in [3.63, 3.8) is 0 Å². The Kier molecular flexibility index (Phi) is 8.53. The summed E-state index contributed by atoms with van der Waals surface area (Å²) in [5.41, 5.74) is 1.82. The Hall–Kier alpha value is -1.63. The summed E-state index contributed by atoms with van der Waals surface area (Å²) in [5, 5.41) is 18.3. The molecule has 2 atom stereocenters. The number of amides is 2. The van der Waals surface area contributed by atoms with E-state index in [4.69, 9.17) is 0 Å². The van der Waals surface area contributed by atoms with Gasteiger partial charge in [-0.25, -0.2) is 0 Å². The zero-order valence-electron chi connectivity index (χ0n) is 15.7. The lowest BCUT2D eigenvalue weighted by molar-refractivity contribution is -0.121.